The second-order valence-corrected chi connectivity index (χ2v) is 8.24. The van der Waals surface area contributed by atoms with Crippen molar-refractivity contribution >= 4 is 49.4 Å². The second-order valence-electron chi connectivity index (χ2n) is 8.24. The number of fused-ring (bicyclic) bond motifs is 3. The van der Waals surface area contributed by atoms with Crippen molar-refractivity contribution in [3.05, 3.63) is 124 Å². The largest absolute Gasteiger partial charge is 0.506 e. The van der Waals surface area contributed by atoms with Crippen molar-refractivity contribution in [1.29, 1.82) is 0 Å². The third-order valence-electron chi connectivity index (χ3n) is 5.91. The van der Waals surface area contributed by atoms with Crippen LogP contribution in [-0.2, 0) is 17.1 Å². The molecule has 200 valence electrons. The van der Waals surface area contributed by atoms with Crippen LogP contribution in [0.15, 0.2) is 125 Å². The van der Waals surface area contributed by atoms with Crippen LogP contribution in [0.25, 0.3) is 32.3 Å². The van der Waals surface area contributed by atoms with E-state index in [-0.39, 0.29) is 51.4 Å². The fourth-order valence-corrected chi connectivity index (χ4v) is 4.02. The quantitative estimate of drug-likeness (QED) is 0.142. The van der Waals surface area contributed by atoms with Gasteiger partial charge in [0, 0.05) is 33.2 Å². The zero-order valence-corrected chi connectivity index (χ0v) is 21.8. The summed E-state index contributed by atoms with van der Waals surface area (Å²) in [5, 5.41) is 41.1. The van der Waals surface area contributed by atoms with E-state index < -0.39 is 0 Å². The maximum Gasteiger partial charge on any atom is 0.157 e. The zero-order chi connectivity index (χ0) is 27.8. The number of phenols is 3. The molecule has 0 radical (unpaired) electrons. The minimum atomic E-state index is -0.0753. The molecule has 0 amide bonds. The van der Waals surface area contributed by atoms with Gasteiger partial charge in [-0.1, -0.05) is 91.0 Å². The van der Waals surface area contributed by atoms with Crippen molar-refractivity contribution in [3.63, 3.8) is 0 Å². The molecule has 3 N–H and O–H groups in total. The molecule has 0 spiro atoms. The van der Waals surface area contributed by atoms with Gasteiger partial charge in [-0.3, -0.25) is 0 Å². The third kappa shape index (κ3) is 6.27. The van der Waals surface area contributed by atoms with E-state index in [1.807, 2.05) is 36.4 Å². The van der Waals surface area contributed by atoms with E-state index in [9.17, 15) is 30.0 Å². The normalized spacial score (nSPS) is 9.90. The van der Waals surface area contributed by atoms with Gasteiger partial charge < -0.3 is 15.3 Å². The molecule has 6 aromatic carbocycles. The average molecular weight is 575 g/mol. The van der Waals surface area contributed by atoms with E-state index in [0.717, 1.165) is 16.2 Å². The number of rotatable bonds is 3. The number of aromatic hydroxyl groups is 3. The Morgan fingerprint density at radius 3 is 0.875 bits per heavy atom. The van der Waals surface area contributed by atoms with Crippen LogP contribution in [0.1, 0.15) is 0 Å². The Labute approximate surface area is 238 Å². The first-order valence-electron chi connectivity index (χ1n) is 11.6. The molecule has 0 heterocycles. The molecular formula is C30H21FeN3O6. The Bertz CT molecular complexity index is 1620. The number of hydrogen-bond donors (Lipinski definition) is 3. The van der Waals surface area contributed by atoms with Gasteiger partial charge in [-0.05, 0) is 49.9 Å². The summed E-state index contributed by atoms with van der Waals surface area (Å²) >= 11 is 0. The van der Waals surface area contributed by atoms with Gasteiger partial charge in [0.1, 0.15) is 17.2 Å². The van der Waals surface area contributed by atoms with Gasteiger partial charge in [-0.25, -0.2) is 0 Å². The predicted molar refractivity (Wildman–Crippen MR) is 153 cm³/mol. The molecule has 0 saturated heterocycles. The Balaban J connectivity index is 0.000000163. The van der Waals surface area contributed by atoms with Gasteiger partial charge in [0.2, 0.25) is 0 Å². The van der Waals surface area contributed by atoms with Crippen molar-refractivity contribution in [3.8, 4) is 17.2 Å². The smallest absolute Gasteiger partial charge is 0.157 e. The first-order chi connectivity index (χ1) is 19.0. The van der Waals surface area contributed by atoms with Crippen molar-refractivity contribution in [2.24, 2.45) is 15.5 Å². The number of nitrogens with zero attached hydrogens (tertiary/aromatic N) is 3. The maximum atomic E-state index is 10.4. The Hall–Kier alpha value is -5.18. The molecule has 0 aliphatic heterocycles. The Morgan fingerprint density at radius 1 is 0.375 bits per heavy atom. The summed E-state index contributed by atoms with van der Waals surface area (Å²) in [5.74, 6) is -0.226. The van der Waals surface area contributed by atoms with Crippen LogP contribution in [0.2, 0.25) is 0 Å². The van der Waals surface area contributed by atoms with E-state index in [1.165, 1.54) is 18.2 Å². The molecule has 0 saturated carbocycles. The van der Waals surface area contributed by atoms with Crippen LogP contribution >= 0.6 is 0 Å². The van der Waals surface area contributed by atoms with E-state index in [1.54, 1.807) is 54.6 Å². The van der Waals surface area contributed by atoms with Crippen LogP contribution in [0, 0.1) is 14.7 Å². The van der Waals surface area contributed by atoms with Crippen molar-refractivity contribution in [2.75, 3.05) is 0 Å². The molecule has 10 heteroatoms. The topological polar surface area (TPSA) is 149 Å². The number of nitroso groups, excluding NO2 is 3. The van der Waals surface area contributed by atoms with Crippen LogP contribution in [0.4, 0.5) is 17.1 Å². The fraction of sp³-hybridized carbons (Fsp3) is 0. The molecule has 9 nitrogen and oxygen atoms in total. The predicted octanol–water partition coefficient (Wildman–Crippen LogP) is 8.83. The van der Waals surface area contributed by atoms with Crippen molar-refractivity contribution in [1.82, 2.24) is 0 Å². The minimum Gasteiger partial charge on any atom is -0.506 e. The number of hydrogen-bond acceptors (Lipinski definition) is 9. The van der Waals surface area contributed by atoms with Crippen LogP contribution in [0.5, 0.6) is 17.2 Å². The van der Waals surface area contributed by atoms with Gasteiger partial charge in [0.25, 0.3) is 0 Å². The summed E-state index contributed by atoms with van der Waals surface area (Å²) in [6.45, 7) is 0. The summed E-state index contributed by atoms with van der Waals surface area (Å²) in [7, 11) is 0. The molecule has 0 bridgehead atoms. The molecule has 0 aromatic heterocycles. The summed E-state index contributed by atoms with van der Waals surface area (Å²) in [6, 6.07) is 31.5. The zero-order valence-electron chi connectivity index (χ0n) is 20.7. The molecule has 40 heavy (non-hydrogen) atoms. The molecule has 0 unspecified atom stereocenters. The van der Waals surface area contributed by atoms with Crippen LogP contribution < -0.4 is 0 Å². The van der Waals surface area contributed by atoms with E-state index in [0.29, 0.717) is 16.2 Å². The monoisotopic (exact) mass is 575 g/mol. The summed E-state index contributed by atoms with van der Waals surface area (Å²) < 4.78 is 0. The molecule has 6 rings (SSSR count). The fourth-order valence-electron chi connectivity index (χ4n) is 4.02. The SMILES string of the molecule is O=Nc1c(O)ccc2ccccc12.O=Nc1c(O)ccc2ccccc12.O=Nc1c(O)ccc2ccccc12.[Fe]. The van der Waals surface area contributed by atoms with Crippen LogP contribution in [0.3, 0.4) is 0 Å². The molecule has 0 fully saturated rings. The minimum absolute atomic E-state index is 0. The Kier molecular flexibility index (Phi) is 9.96. The van der Waals surface area contributed by atoms with Crippen LogP contribution in [-0.4, -0.2) is 15.3 Å². The number of phenolic OH excluding ortho intramolecular Hbond substituents is 3. The third-order valence-corrected chi connectivity index (χ3v) is 5.91. The Morgan fingerprint density at radius 2 is 0.625 bits per heavy atom. The van der Waals surface area contributed by atoms with Gasteiger partial charge in [-0.2, -0.15) is 0 Å². The molecular weight excluding hydrogens is 554 g/mol. The number of benzene rings is 6. The van der Waals surface area contributed by atoms with Gasteiger partial charge >= 0.3 is 0 Å². The molecule has 0 atom stereocenters. The second kappa shape index (κ2) is 13.6. The molecule has 0 aliphatic carbocycles. The standard InChI is InChI=1S/3C10H7NO2.Fe/c3*12-9-6-5-7-3-1-2-4-8(7)10(9)11-13;/h3*1-6,12H;. The van der Waals surface area contributed by atoms with E-state index >= 15 is 0 Å². The summed E-state index contributed by atoms with van der Waals surface area (Å²) in [4.78, 5) is 31.3. The summed E-state index contributed by atoms with van der Waals surface area (Å²) in [5.41, 5.74) is 0.328. The van der Waals surface area contributed by atoms with Gasteiger partial charge in [0.05, 0.1) is 0 Å². The first-order valence-corrected chi connectivity index (χ1v) is 11.6. The van der Waals surface area contributed by atoms with Gasteiger partial charge in [0.15, 0.2) is 17.1 Å². The van der Waals surface area contributed by atoms with E-state index in [4.69, 9.17) is 0 Å². The molecule has 0 aliphatic rings. The van der Waals surface area contributed by atoms with Crippen molar-refractivity contribution in [2.45, 2.75) is 0 Å². The van der Waals surface area contributed by atoms with Crippen molar-refractivity contribution < 1.29 is 32.4 Å². The van der Waals surface area contributed by atoms with E-state index in [2.05, 4.69) is 15.5 Å². The summed E-state index contributed by atoms with van der Waals surface area (Å²) in [6.07, 6.45) is 0. The molecule has 6 aromatic rings. The first kappa shape index (κ1) is 29.4. The van der Waals surface area contributed by atoms with Gasteiger partial charge in [-0.15, -0.1) is 14.7 Å². The maximum absolute atomic E-state index is 10.4. The average Bonchev–Trinajstić information content (AvgIpc) is 2.98.